The van der Waals surface area contributed by atoms with Crippen molar-refractivity contribution in [2.24, 2.45) is 0 Å². The molecule has 0 spiro atoms. The Kier molecular flexibility index (Phi) is 5.75. The van der Waals surface area contributed by atoms with E-state index in [0.717, 1.165) is 12.8 Å². The molecule has 0 saturated heterocycles. The molecule has 104 valence electrons. The molecule has 0 radical (unpaired) electrons. The van der Waals surface area contributed by atoms with Crippen LogP contribution < -0.4 is 5.32 Å². The first-order valence-corrected chi connectivity index (χ1v) is 6.65. The zero-order valence-corrected chi connectivity index (χ0v) is 12.1. The molecule has 5 heteroatoms. The molecule has 18 heavy (non-hydrogen) atoms. The molecule has 1 rings (SSSR count). The zero-order valence-electron chi connectivity index (χ0n) is 12.1. The molecule has 0 bridgehead atoms. The Bertz CT molecular complexity index is 338. The summed E-state index contributed by atoms with van der Waals surface area (Å²) in [5.74, 6) is 1.27. The molecule has 1 atom stereocenters. The largest absolute Gasteiger partial charge is 0.370 e. The minimum absolute atomic E-state index is 0.0391. The summed E-state index contributed by atoms with van der Waals surface area (Å²) in [6.07, 6.45) is 1.90. The molecule has 1 N–H and O–H groups in total. The van der Waals surface area contributed by atoms with Gasteiger partial charge in [-0.25, -0.2) is 0 Å². The van der Waals surface area contributed by atoms with E-state index in [9.17, 15) is 0 Å². The van der Waals surface area contributed by atoms with E-state index in [1.165, 1.54) is 0 Å². The van der Waals surface area contributed by atoms with Crippen molar-refractivity contribution < 1.29 is 9.26 Å². The van der Waals surface area contributed by atoms with Crippen LogP contribution in [0, 0.1) is 0 Å². The van der Waals surface area contributed by atoms with Gasteiger partial charge in [-0.2, -0.15) is 4.98 Å². The Balaban J connectivity index is 2.60. The Labute approximate surface area is 109 Å². The zero-order chi connectivity index (χ0) is 13.6. The van der Waals surface area contributed by atoms with Crippen LogP contribution in [0.5, 0.6) is 0 Å². The predicted molar refractivity (Wildman–Crippen MR) is 70.2 cm³/mol. The van der Waals surface area contributed by atoms with Crippen LogP contribution >= 0.6 is 0 Å². The summed E-state index contributed by atoms with van der Waals surface area (Å²) in [6.45, 7) is 11.6. The standard InChI is InChI=1S/C13H25N3O2/c1-6-8-10(17-7-2)12-15-11(18-16-12)9-14-13(3,4)5/h10,14H,6-9H2,1-5H3. The van der Waals surface area contributed by atoms with E-state index in [1.54, 1.807) is 0 Å². The minimum Gasteiger partial charge on any atom is -0.370 e. The highest BCUT2D eigenvalue weighted by atomic mass is 16.5. The second kappa shape index (κ2) is 6.85. The Morgan fingerprint density at radius 1 is 1.33 bits per heavy atom. The van der Waals surface area contributed by atoms with Gasteiger partial charge in [-0.3, -0.25) is 0 Å². The van der Waals surface area contributed by atoms with E-state index in [1.807, 2.05) is 6.92 Å². The first-order valence-electron chi connectivity index (χ1n) is 6.65. The predicted octanol–water partition coefficient (Wildman–Crippen LogP) is 2.84. The molecule has 1 aromatic heterocycles. The molecule has 1 aromatic rings. The van der Waals surface area contributed by atoms with Crippen molar-refractivity contribution in [2.45, 2.75) is 65.6 Å². The first-order chi connectivity index (χ1) is 8.46. The van der Waals surface area contributed by atoms with Crippen LogP contribution in [0.25, 0.3) is 0 Å². The quantitative estimate of drug-likeness (QED) is 0.811. The van der Waals surface area contributed by atoms with Crippen molar-refractivity contribution in [2.75, 3.05) is 6.61 Å². The average molecular weight is 255 g/mol. The maximum atomic E-state index is 5.62. The van der Waals surface area contributed by atoms with Crippen molar-refractivity contribution in [1.82, 2.24) is 15.5 Å². The van der Waals surface area contributed by atoms with Gasteiger partial charge < -0.3 is 14.6 Å². The van der Waals surface area contributed by atoms with Gasteiger partial charge in [0.25, 0.3) is 0 Å². The van der Waals surface area contributed by atoms with Gasteiger partial charge in [-0.05, 0) is 34.1 Å². The Hall–Kier alpha value is -0.940. The molecule has 0 aliphatic rings. The van der Waals surface area contributed by atoms with Crippen molar-refractivity contribution >= 4 is 0 Å². The summed E-state index contributed by atoms with van der Waals surface area (Å²) in [5.41, 5.74) is 0.0391. The second-order valence-electron chi connectivity index (χ2n) is 5.38. The molecule has 0 fully saturated rings. The number of rotatable bonds is 7. The normalized spacial score (nSPS) is 13.8. The van der Waals surface area contributed by atoms with Crippen molar-refractivity contribution in [1.29, 1.82) is 0 Å². The Morgan fingerprint density at radius 2 is 2.06 bits per heavy atom. The van der Waals surface area contributed by atoms with Gasteiger partial charge in [-0.1, -0.05) is 18.5 Å². The highest BCUT2D eigenvalue weighted by molar-refractivity contribution is 4.92. The summed E-state index contributed by atoms with van der Waals surface area (Å²) in [5, 5.41) is 7.32. The lowest BCUT2D eigenvalue weighted by molar-refractivity contribution is 0.0477. The number of nitrogens with zero attached hydrogens (tertiary/aromatic N) is 2. The molecule has 5 nitrogen and oxygen atoms in total. The molecule has 1 heterocycles. The third-order valence-electron chi connectivity index (χ3n) is 2.46. The van der Waals surface area contributed by atoms with Crippen molar-refractivity contribution in [3.05, 3.63) is 11.7 Å². The summed E-state index contributed by atoms with van der Waals surface area (Å²) in [4.78, 5) is 4.39. The van der Waals surface area contributed by atoms with Gasteiger partial charge in [0.1, 0.15) is 6.10 Å². The summed E-state index contributed by atoms with van der Waals surface area (Å²) in [6, 6.07) is 0. The monoisotopic (exact) mass is 255 g/mol. The van der Waals surface area contributed by atoms with E-state index in [2.05, 4.69) is 43.2 Å². The smallest absolute Gasteiger partial charge is 0.240 e. The van der Waals surface area contributed by atoms with E-state index < -0.39 is 0 Å². The van der Waals surface area contributed by atoms with Crippen LogP contribution in [0.4, 0.5) is 0 Å². The highest BCUT2D eigenvalue weighted by Crippen LogP contribution is 2.19. The molecular formula is C13H25N3O2. The average Bonchev–Trinajstić information content (AvgIpc) is 2.74. The molecule has 1 unspecified atom stereocenters. The molecular weight excluding hydrogens is 230 g/mol. The van der Waals surface area contributed by atoms with Crippen LogP contribution in [0.15, 0.2) is 4.52 Å². The lowest BCUT2D eigenvalue weighted by Gasteiger charge is -2.18. The number of hydrogen-bond acceptors (Lipinski definition) is 5. The third-order valence-corrected chi connectivity index (χ3v) is 2.46. The van der Waals surface area contributed by atoms with Crippen molar-refractivity contribution in [3.63, 3.8) is 0 Å². The van der Waals surface area contributed by atoms with E-state index in [-0.39, 0.29) is 11.6 Å². The van der Waals surface area contributed by atoms with Crippen LogP contribution in [-0.4, -0.2) is 22.3 Å². The minimum atomic E-state index is -0.0489. The maximum absolute atomic E-state index is 5.62. The molecule has 0 aromatic carbocycles. The molecule has 0 saturated carbocycles. The van der Waals surface area contributed by atoms with E-state index in [0.29, 0.717) is 24.9 Å². The third kappa shape index (κ3) is 5.14. The SMILES string of the molecule is CCCC(OCC)c1noc(CNC(C)(C)C)n1. The van der Waals surface area contributed by atoms with Gasteiger partial charge in [-0.15, -0.1) is 0 Å². The second-order valence-corrected chi connectivity index (χ2v) is 5.38. The van der Waals surface area contributed by atoms with Gasteiger partial charge in [0, 0.05) is 12.1 Å². The number of aromatic nitrogens is 2. The summed E-state index contributed by atoms with van der Waals surface area (Å²) >= 11 is 0. The van der Waals surface area contributed by atoms with Gasteiger partial charge in [0.2, 0.25) is 11.7 Å². The lowest BCUT2D eigenvalue weighted by atomic mass is 10.1. The number of ether oxygens (including phenoxy) is 1. The Morgan fingerprint density at radius 3 is 2.61 bits per heavy atom. The maximum Gasteiger partial charge on any atom is 0.240 e. The van der Waals surface area contributed by atoms with Crippen LogP contribution in [0.1, 0.15) is 65.3 Å². The fourth-order valence-corrected chi connectivity index (χ4v) is 1.56. The summed E-state index contributed by atoms with van der Waals surface area (Å²) in [7, 11) is 0. The fourth-order valence-electron chi connectivity index (χ4n) is 1.56. The topological polar surface area (TPSA) is 60.2 Å². The number of hydrogen-bond donors (Lipinski definition) is 1. The highest BCUT2D eigenvalue weighted by Gasteiger charge is 2.18. The van der Waals surface area contributed by atoms with Crippen LogP contribution in [0.3, 0.4) is 0 Å². The van der Waals surface area contributed by atoms with Crippen LogP contribution in [-0.2, 0) is 11.3 Å². The lowest BCUT2D eigenvalue weighted by Crippen LogP contribution is -2.35. The molecule has 0 aliphatic heterocycles. The number of nitrogens with one attached hydrogen (secondary N) is 1. The van der Waals surface area contributed by atoms with Gasteiger partial charge in [0.15, 0.2) is 0 Å². The molecule has 0 amide bonds. The van der Waals surface area contributed by atoms with E-state index >= 15 is 0 Å². The van der Waals surface area contributed by atoms with Crippen molar-refractivity contribution in [3.8, 4) is 0 Å². The first kappa shape index (κ1) is 15.1. The van der Waals surface area contributed by atoms with Gasteiger partial charge in [0.05, 0.1) is 6.54 Å². The van der Waals surface area contributed by atoms with E-state index in [4.69, 9.17) is 9.26 Å². The van der Waals surface area contributed by atoms with Crippen LogP contribution in [0.2, 0.25) is 0 Å². The fraction of sp³-hybridized carbons (Fsp3) is 0.846. The summed E-state index contributed by atoms with van der Waals surface area (Å²) < 4.78 is 10.9. The van der Waals surface area contributed by atoms with Gasteiger partial charge >= 0.3 is 0 Å². The molecule has 0 aliphatic carbocycles.